The number of nitrogens with two attached hydrogens (primary N) is 2. The van der Waals surface area contributed by atoms with Gasteiger partial charge < -0.3 is 32.1 Å². The van der Waals surface area contributed by atoms with Gasteiger partial charge in [0.2, 0.25) is 0 Å². The van der Waals surface area contributed by atoms with E-state index < -0.39 is 25.4 Å². The lowest BCUT2D eigenvalue weighted by atomic mass is 10.1. The van der Waals surface area contributed by atoms with E-state index in [1.807, 2.05) is 30.3 Å². The van der Waals surface area contributed by atoms with E-state index in [0.29, 0.717) is 0 Å². The molecule has 0 spiro atoms. The zero-order valence-electron chi connectivity index (χ0n) is 10.9. The van der Waals surface area contributed by atoms with Crippen LogP contribution in [0.2, 0.25) is 0 Å². The Bertz CT molecular complexity index is 342. The fourth-order valence-electron chi connectivity index (χ4n) is 0.941. The Balaban J connectivity index is 0.000000362. The molecule has 1 rings (SSSR count). The minimum Gasteiger partial charge on any atom is -0.399 e. The van der Waals surface area contributed by atoms with Gasteiger partial charge in [0.1, 0.15) is 0 Å². The van der Waals surface area contributed by atoms with E-state index in [-0.39, 0.29) is 0 Å². The molecule has 0 aliphatic heterocycles. The van der Waals surface area contributed by atoms with Gasteiger partial charge in [-0.1, -0.05) is 6.08 Å². The van der Waals surface area contributed by atoms with Gasteiger partial charge in [0, 0.05) is 17.9 Å². The van der Waals surface area contributed by atoms with Crippen molar-refractivity contribution in [1.29, 1.82) is 0 Å². The summed E-state index contributed by atoms with van der Waals surface area (Å²) in [6.07, 6.45) is 1.82. The second-order valence-corrected chi connectivity index (χ2v) is 4.13. The van der Waals surface area contributed by atoms with Gasteiger partial charge in [-0.05, 0) is 24.3 Å². The Morgan fingerprint density at radius 1 is 1.11 bits per heavy atom. The Kier molecular flexibility index (Phi) is 8.56. The minimum atomic E-state index is -1.21. The molecule has 0 unspecified atom stereocenters. The van der Waals surface area contributed by atoms with Crippen LogP contribution in [0, 0.1) is 0 Å². The highest BCUT2D eigenvalue weighted by Crippen LogP contribution is 2.09. The zero-order chi connectivity index (χ0) is 14.7. The molecule has 1 aromatic carbocycles. The highest BCUT2D eigenvalue weighted by atomic mass is 16.3. The topological polar surface area (TPSA) is 125 Å². The monoisotopic (exact) mass is 269 g/mol. The molecule has 6 heteroatoms. The smallest absolute Gasteiger partial charge is 0.0856 e. The third kappa shape index (κ3) is 7.43. The second-order valence-electron chi connectivity index (χ2n) is 4.13. The average molecular weight is 269 g/mol. The number of nitrogens with one attached hydrogen (secondary N) is 1. The molecule has 0 bridgehead atoms. The molecule has 0 heterocycles. The maximum absolute atomic E-state index is 8.34. The number of rotatable bonds is 6. The van der Waals surface area contributed by atoms with Gasteiger partial charge in [-0.15, -0.1) is 6.58 Å². The first-order valence-corrected chi connectivity index (χ1v) is 5.83. The molecular formula is C13H23N3O3. The first-order chi connectivity index (χ1) is 9.01. The van der Waals surface area contributed by atoms with Gasteiger partial charge in [0.25, 0.3) is 0 Å². The van der Waals surface area contributed by atoms with E-state index in [2.05, 4.69) is 11.9 Å². The van der Waals surface area contributed by atoms with Crippen molar-refractivity contribution in [3.05, 3.63) is 36.9 Å². The van der Waals surface area contributed by atoms with Gasteiger partial charge in [0.15, 0.2) is 0 Å². The van der Waals surface area contributed by atoms with Crippen molar-refractivity contribution < 1.29 is 15.3 Å². The average Bonchev–Trinajstić information content (AvgIpc) is 2.46. The second kappa shape index (κ2) is 9.35. The number of anilines is 2. The first kappa shape index (κ1) is 17.4. The van der Waals surface area contributed by atoms with Crippen molar-refractivity contribution >= 4 is 11.4 Å². The summed E-state index contributed by atoms with van der Waals surface area (Å²) in [6.45, 7) is 3.18. The van der Waals surface area contributed by atoms with Crippen molar-refractivity contribution in [1.82, 2.24) is 0 Å². The Labute approximate surface area is 113 Å². The van der Waals surface area contributed by atoms with Gasteiger partial charge in [-0.25, -0.2) is 0 Å². The molecule has 1 aromatic rings. The van der Waals surface area contributed by atoms with Gasteiger partial charge >= 0.3 is 0 Å². The number of aliphatic hydroxyl groups is 3. The molecule has 108 valence electrons. The van der Waals surface area contributed by atoms with Gasteiger partial charge in [0.05, 0.1) is 25.4 Å². The lowest BCUT2D eigenvalue weighted by molar-refractivity contribution is 0.0698. The number of hydrogen-bond donors (Lipinski definition) is 6. The third-order valence-electron chi connectivity index (χ3n) is 2.31. The number of benzene rings is 1. The van der Waals surface area contributed by atoms with E-state index in [1.54, 1.807) is 0 Å². The normalized spacial score (nSPS) is 10.3. The van der Waals surface area contributed by atoms with Crippen molar-refractivity contribution in [2.75, 3.05) is 37.4 Å². The molecule has 0 amide bonds. The molecule has 0 fully saturated rings. The number of hydrogen-bond acceptors (Lipinski definition) is 6. The molecule has 0 saturated heterocycles. The summed E-state index contributed by atoms with van der Waals surface area (Å²) in [6, 6.07) is 7.62. The van der Waals surface area contributed by atoms with Crippen LogP contribution in [0.3, 0.4) is 0 Å². The highest BCUT2D eigenvalue weighted by Gasteiger charge is 2.20. The summed E-state index contributed by atoms with van der Waals surface area (Å²) in [5.74, 6) is 0. The van der Waals surface area contributed by atoms with Crippen LogP contribution in [0.1, 0.15) is 0 Å². The lowest BCUT2D eigenvalue weighted by Crippen LogP contribution is -2.50. The van der Waals surface area contributed by atoms with Crippen molar-refractivity contribution in [3.8, 4) is 0 Å². The quantitative estimate of drug-likeness (QED) is 0.306. The highest BCUT2D eigenvalue weighted by molar-refractivity contribution is 5.51. The van der Waals surface area contributed by atoms with E-state index in [1.165, 1.54) is 0 Å². The van der Waals surface area contributed by atoms with Crippen LogP contribution in [-0.2, 0) is 0 Å². The summed E-state index contributed by atoms with van der Waals surface area (Å²) in [5, 5.41) is 28.2. The predicted molar refractivity (Wildman–Crippen MR) is 77.7 cm³/mol. The fourth-order valence-corrected chi connectivity index (χ4v) is 0.941. The summed E-state index contributed by atoms with van der Waals surface area (Å²) in [5.41, 5.74) is 11.3. The maximum atomic E-state index is 8.34. The Morgan fingerprint density at radius 2 is 1.58 bits per heavy atom. The van der Waals surface area contributed by atoms with Crippen LogP contribution in [0.4, 0.5) is 11.4 Å². The summed E-state index contributed by atoms with van der Waals surface area (Å²) in [7, 11) is 0. The number of aliphatic hydroxyl groups excluding tert-OH is 3. The SMILES string of the molecule is C=CCNc1ccc(N)cc1.NC(CO)(CO)CO. The molecule has 0 aliphatic carbocycles. The predicted octanol–water partition coefficient (Wildman–Crippen LogP) is -0.472. The molecule has 0 atom stereocenters. The van der Waals surface area contributed by atoms with Crippen molar-refractivity contribution in [3.63, 3.8) is 0 Å². The Morgan fingerprint density at radius 3 is 1.89 bits per heavy atom. The minimum absolute atomic E-state index is 0.403. The van der Waals surface area contributed by atoms with E-state index in [0.717, 1.165) is 17.9 Å². The van der Waals surface area contributed by atoms with Crippen LogP contribution in [0.25, 0.3) is 0 Å². The zero-order valence-corrected chi connectivity index (χ0v) is 10.9. The lowest BCUT2D eigenvalue weighted by Gasteiger charge is -2.20. The van der Waals surface area contributed by atoms with E-state index in [4.69, 9.17) is 26.8 Å². The molecule has 0 aliphatic rings. The van der Waals surface area contributed by atoms with E-state index in [9.17, 15) is 0 Å². The Hall–Kier alpha value is -1.60. The molecule has 6 nitrogen and oxygen atoms in total. The largest absolute Gasteiger partial charge is 0.399 e. The van der Waals surface area contributed by atoms with Crippen LogP contribution >= 0.6 is 0 Å². The van der Waals surface area contributed by atoms with Crippen molar-refractivity contribution in [2.24, 2.45) is 5.73 Å². The molecule has 19 heavy (non-hydrogen) atoms. The fraction of sp³-hybridized carbons (Fsp3) is 0.385. The molecule has 0 radical (unpaired) electrons. The summed E-state index contributed by atoms with van der Waals surface area (Å²) in [4.78, 5) is 0. The molecule has 0 saturated carbocycles. The van der Waals surface area contributed by atoms with Crippen LogP contribution in [0.15, 0.2) is 36.9 Å². The summed E-state index contributed by atoms with van der Waals surface area (Å²) >= 11 is 0. The standard InChI is InChI=1S/C9H12N2.C4H11NO3/c1-2-7-11-9-5-3-8(10)4-6-9;5-4(1-6,2-7)3-8/h2-6,11H,1,7,10H2;6-8H,1-3,5H2. The first-order valence-electron chi connectivity index (χ1n) is 5.83. The summed E-state index contributed by atoms with van der Waals surface area (Å²) < 4.78 is 0. The third-order valence-corrected chi connectivity index (χ3v) is 2.31. The van der Waals surface area contributed by atoms with Crippen LogP contribution < -0.4 is 16.8 Å². The number of nitrogen functional groups attached to an aromatic ring is 1. The molecule has 8 N–H and O–H groups in total. The van der Waals surface area contributed by atoms with Gasteiger partial charge in [-0.2, -0.15) is 0 Å². The van der Waals surface area contributed by atoms with Gasteiger partial charge in [-0.3, -0.25) is 0 Å². The van der Waals surface area contributed by atoms with Crippen LogP contribution in [0.5, 0.6) is 0 Å². The van der Waals surface area contributed by atoms with Crippen molar-refractivity contribution in [2.45, 2.75) is 5.54 Å². The molecule has 0 aromatic heterocycles. The maximum Gasteiger partial charge on any atom is 0.0856 e. The van der Waals surface area contributed by atoms with Crippen LogP contribution in [-0.4, -0.2) is 47.2 Å². The molecular weight excluding hydrogens is 246 g/mol. The van der Waals surface area contributed by atoms with E-state index >= 15 is 0 Å².